The Bertz CT molecular complexity index is 1140. The number of fused-ring (bicyclic) bond motifs is 1. The predicted molar refractivity (Wildman–Crippen MR) is 101 cm³/mol. The minimum Gasteiger partial charge on any atom is -0.368 e. The third-order valence-electron chi connectivity index (χ3n) is 3.58. The number of carbonyl (C=O) groups excluding carboxylic acids is 1. The van der Waals surface area contributed by atoms with Crippen LogP contribution in [0.25, 0.3) is 11.0 Å². The number of nitrogens with one attached hydrogen (secondary N) is 2. The van der Waals surface area contributed by atoms with Gasteiger partial charge in [0, 0.05) is 6.42 Å². The SMILES string of the molecule is CS(=O)(=O)On1c(Cc2ccccc2)nc2cc(C(=O)ONC(=N)N)ccc21. The second-order valence-electron chi connectivity index (χ2n) is 5.87. The van der Waals surface area contributed by atoms with Gasteiger partial charge in [-0.3, -0.25) is 9.69 Å². The van der Waals surface area contributed by atoms with Crippen LogP contribution in [0.3, 0.4) is 0 Å². The number of hydrogen-bond acceptors (Lipinski definition) is 7. The average Bonchev–Trinajstić information content (AvgIpc) is 2.95. The molecule has 11 heteroatoms. The highest BCUT2D eigenvalue weighted by Gasteiger charge is 2.18. The van der Waals surface area contributed by atoms with Gasteiger partial charge in [-0.05, 0) is 23.8 Å². The second-order valence-corrected chi connectivity index (χ2v) is 7.43. The van der Waals surface area contributed by atoms with E-state index in [-0.39, 0.29) is 5.56 Å². The Morgan fingerprint density at radius 1 is 1.25 bits per heavy atom. The summed E-state index contributed by atoms with van der Waals surface area (Å²) in [6, 6.07) is 13.7. The van der Waals surface area contributed by atoms with E-state index in [1.54, 1.807) is 0 Å². The lowest BCUT2D eigenvalue weighted by Crippen LogP contribution is -2.32. The largest absolute Gasteiger partial charge is 0.368 e. The quantitative estimate of drug-likeness (QED) is 0.318. The first-order chi connectivity index (χ1) is 13.2. The first-order valence-corrected chi connectivity index (χ1v) is 9.81. The van der Waals surface area contributed by atoms with Crippen LogP contribution in [-0.2, 0) is 21.4 Å². The van der Waals surface area contributed by atoms with Crippen molar-refractivity contribution in [2.24, 2.45) is 5.73 Å². The predicted octanol–water partition coefficient (Wildman–Crippen LogP) is 0.570. The summed E-state index contributed by atoms with van der Waals surface area (Å²) in [7, 11) is -3.81. The molecule has 0 saturated carbocycles. The van der Waals surface area contributed by atoms with Gasteiger partial charge in [0.15, 0.2) is 5.82 Å². The van der Waals surface area contributed by atoms with Gasteiger partial charge in [-0.25, -0.2) is 9.78 Å². The van der Waals surface area contributed by atoms with Crippen LogP contribution in [0.2, 0.25) is 0 Å². The molecular weight excluding hydrogens is 386 g/mol. The zero-order valence-electron chi connectivity index (χ0n) is 14.7. The zero-order chi connectivity index (χ0) is 20.3. The van der Waals surface area contributed by atoms with Gasteiger partial charge in [-0.1, -0.05) is 30.3 Å². The van der Waals surface area contributed by atoms with Crippen LogP contribution in [0, 0.1) is 5.41 Å². The van der Waals surface area contributed by atoms with Crippen molar-refractivity contribution in [3.05, 3.63) is 65.5 Å². The molecule has 146 valence electrons. The van der Waals surface area contributed by atoms with Crippen molar-refractivity contribution >= 4 is 33.1 Å². The molecule has 0 radical (unpaired) electrons. The lowest BCUT2D eigenvalue weighted by atomic mass is 10.1. The van der Waals surface area contributed by atoms with Gasteiger partial charge in [0.25, 0.3) is 0 Å². The fourth-order valence-corrected chi connectivity index (χ4v) is 2.94. The lowest BCUT2D eigenvalue weighted by molar-refractivity contribution is 0.0382. The first kappa shape index (κ1) is 19.2. The van der Waals surface area contributed by atoms with E-state index in [1.165, 1.54) is 18.2 Å². The maximum atomic E-state index is 12.0. The molecule has 0 atom stereocenters. The van der Waals surface area contributed by atoms with Gasteiger partial charge in [0.05, 0.1) is 17.3 Å². The van der Waals surface area contributed by atoms with Crippen molar-refractivity contribution in [3.8, 4) is 0 Å². The van der Waals surface area contributed by atoms with Crippen molar-refractivity contribution in [1.82, 2.24) is 15.2 Å². The molecule has 3 aromatic rings. The fraction of sp³-hybridized carbons (Fsp3) is 0.118. The summed E-state index contributed by atoms with van der Waals surface area (Å²) in [5, 5.41) is 7.00. The molecule has 28 heavy (non-hydrogen) atoms. The highest BCUT2D eigenvalue weighted by molar-refractivity contribution is 7.86. The van der Waals surface area contributed by atoms with E-state index in [1.807, 2.05) is 35.8 Å². The molecule has 1 aromatic heterocycles. The number of hydrogen-bond donors (Lipinski definition) is 3. The van der Waals surface area contributed by atoms with E-state index < -0.39 is 22.0 Å². The van der Waals surface area contributed by atoms with Crippen molar-refractivity contribution in [2.75, 3.05) is 6.26 Å². The average molecular weight is 403 g/mol. The topological polar surface area (TPSA) is 149 Å². The number of rotatable bonds is 5. The van der Waals surface area contributed by atoms with E-state index in [4.69, 9.17) is 15.4 Å². The van der Waals surface area contributed by atoms with Crippen LogP contribution in [0.15, 0.2) is 48.5 Å². The number of imidazole rings is 1. The molecule has 0 aliphatic carbocycles. The summed E-state index contributed by atoms with van der Waals surface area (Å²) in [6.45, 7) is 0. The van der Waals surface area contributed by atoms with Gasteiger partial charge in [-0.2, -0.15) is 13.9 Å². The molecule has 10 nitrogen and oxygen atoms in total. The molecule has 0 saturated heterocycles. The molecule has 1 heterocycles. The molecule has 0 aliphatic rings. The molecule has 0 fully saturated rings. The van der Waals surface area contributed by atoms with E-state index >= 15 is 0 Å². The summed E-state index contributed by atoms with van der Waals surface area (Å²) < 4.78 is 29.6. The van der Waals surface area contributed by atoms with Crippen molar-refractivity contribution in [2.45, 2.75) is 6.42 Å². The van der Waals surface area contributed by atoms with Crippen LogP contribution in [0.5, 0.6) is 0 Å². The minimum absolute atomic E-state index is 0.136. The number of nitrogens with zero attached hydrogens (tertiary/aromatic N) is 2. The fourth-order valence-electron chi connectivity index (χ4n) is 2.50. The van der Waals surface area contributed by atoms with Crippen molar-refractivity contribution in [3.63, 3.8) is 0 Å². The number of benzene rings is 2. The molecule has 2 aromatic carbocycles. The smallest absolute Gasteiger partial charge is 0.363 e. The van der Waals surface area contributed by atoms with E-state index in [0.717, 1.165) is 16.5 Å². The van der Waals surface area contributed by atoms with Crippen LogP contribution < -0.4 is 15.5 Å². The third-order valence-corrected chi connectivity index (χ3v) is 4.00. The van der Waals surface area contributed by atoms with Gasteiger partial charge in [0.1, 0.15) is 5.52 Å². The Morgan fingerprint density at radius 3 is 2.61 bits per heavy atom. The van der Waals surface area contributed by atoms with Gasteiger partial charge in [-0.15, -0.1) is 4.73 Å². The molecule has 3 rings (SSSR count). The van der Waals surface area contributed by atoms with Crippen LogP contribution in [0.4, 0.5) is 0 Å². The lowest BCUT2D eigenvalue weighted by Gasteiger charge is -2.08. The normalized spacial score (nSPS) is 11.2. The van der Waals surface area contributed by atoms with Crippen LogP contribution in [-0.4, -0.2) is 36.3 Å². The van der Waals surface area contributed by atoms with Crippen molar-refractivity contribution < 1.29 is 22.3 Å². The number of carbonyl (C=O) groups is 1. The highest BCUT2D eigenvalue weighted by atomic mass is 32.2. The Labute approximate surface area is 160 Å². The standard InChI is InChI=1S/C17H17N5O5S/c1-28(24,25)27-22-14-8-7-12(16(23)26-21-17(18)19)10-13(14)20-15(22)9-11-5-3-2-4-6-11/h2-8,10H,9H2,1H3,(H4,18,19,21). The number of nitrogens with two attached hydrogens (primary N) is 1. The molecule has 0 unspecified atom stereocenters. The maximum Gasteiger partial charge on any atom is 0.363 e. The molecule has 4 N–H and O–H groups in total. The summed E-state index contributed by atoms with van der Waals surface area (Å²) in [5.41, 5.74) is 8.77. The van der Waals surface area contributed by atoms with E-state index in [9.17, 15) is 13.2 Å². The van der Waals surface area contributed by atoms with E-state index in [0.29, 0.717) is 23.3 Å². The van der Waals surface area contributed by atoms with Gasteiger partial charge >= 0.3 is 16.1 Å². The highest BCUT2D eigenvalue weighted by Crippen LogP contribution is 2.20. The van der Waals surface area contributed by atoms with E-state index in [2.05, 4.69) is 9.82 Å². The van der Waals surface area contributed by atoms with Crippen LogP contribution in [0.1, 0.15) is 21.7 Å². The molecule has 0 aliphatic heterocycles. The number of hydroxylamine groups is 1. The Morgan fingerprint density at radius 2 is 1.96 bits per heavy atom. The van der Waals surface area contributed by atoms with Gasteiger partial charge in [0.2, 0.25) is 5.96 Å². The molecular formula is C17H17N5O5S. The summed E-state index contributed by atoms with van der Waals surface area (Å²) >= 11 is 0. The van der Waals surface area contributed by atoms with Crippen LogP contribution >= 0.6 is 0 Å². The monoisotopic (exact) mass is 403 g/mol. The van der Waals surface area contributed by atoms with Crippen molar-refractivity contribution in [1.29, 1.82) is 5.41 Å². The summed E-state index contributed by atoms with van der Waals surface area (Å²) in [4.78, 5) is 21.1. The molecule has 0 amide bonds. The molecule has 0 bridgehead atoms. The van der Waals surface area contributed by atoms with Gasteiger partial charge < -0.3 is 10.6 Å². The number of guanidine groups is 1. The Hall–Kier alpha value is -3.60. The summed E-state index contributed by atoms with van der Waals surface area (Å²) in [5.74, 6) is -0.954. The Kier molecular flexibility index (Phi) is 5.18. The minimum atomic E-state index is -3.81. The first-order valence-electron chi connectivity index (χ1n) is 7.99. The molecule has 0 spiro atoms. The second kappa shape index (κ2) is 7.56. The summed E-state index contributed by atoms with van der Waals surface area (Å²) in [6.07, 6.45) is 1.25. The zero-order valence-corrected chi connectivity index (χ0v) is 15.6. The third kappa shape index (κ3) is 4.57. The number of aromatic nitrogens is 2. The maximum absolute atomic E-state index is 12.0. The Balaban J connectivity index is 2.02.